The number of likely N-dealkylation sites (tertiary alicyclic amines) is 1. The van der Waals surface area contributed by atoms with E-state index in [-0.39, 0.29) is 24.0 Å². The Hall–Kier alpha value is -1.48. The van der Waals surface area contributed by atoms with E-state index in [1.165, 1.54) is 6.42 Å². The number of nitrogens with one attached hydrogen (secondary N) is 1. The molecule has 0 aliphatic carbocycles. The van der Waals surface area contributed by atoms with E-state index in [4.69, 9.17) is 19.2 Å². The summed E-state index contributed by atoms with van der Waals surface area (Å²) in [6.07, 6.45) is 4.94. The zero-order chi connectivity index (χ0) is 20.0. The molecule has 1 spiro atoms. The Morgan fingerprint density at radius 1 is 1.34 bits per heavy atom. The normalized spacial score (nSPS) is 21.2. The number of rotatable bonds is 7. The van der Waals surface area contributed by atoms with Crippen molar-refractivity contribution in [3.8, 4) is 11.5 Å². The Labute approximate surface area is 191 Å². The summed E-state index contributed by atoms with van der Waals surface area (Å²) in [6, 6.07) is 4.14. The number of aliphatic imine (C=N–C) groups is 1. The maximum Gasteiger partial charge on any atom is 0.194 e. The summed E-state index contributed by atoms with van der Waals surface area (Å²) in [5, 5.41) is 3.46. The van der Waals surface area contributed by atoms with Crippen LogP contribution in [-0.2, 0) is 17.7 Å². The lowest BCUT2D eigenvalue weighted by molar-refractivity contribution is 0.156. The highest BCUT2D eigenvalue weighted by Crippen LogP contribution is 2.38. The predicted molar refractivity (Wildman–Crippen MR) is 128 cm³/mol. The number of hydrogen-bond donors (Lipinski definition) is 1. The molecule has 0 amide bonds. The van der Waals surface area contributed by atoms with E-state index in [1.54, 1.807) is 14.2 Å². The summed E-state index contributed by atoms with van der Waals surface area (Å²) in [4.78, 5) is 7.30. The van der Waals surface area contributed by atoms with Gasteiger partial charge in [0.25, 0.3) is 0 Å². The molecule has 1 N–H and O–H groups in total. The van der Waals surface area contributed by atoms with Crippen molar-refractivity contribution < 1.29 is 14.2 Å². The molecule has 2 aliphatic rings. The van der Waals surface area contributed by atoms with E-state index in [1.807, 2.05) is 12.1 Å². The number of methoxy groups -OCH3 is 2. The number of guanidine groups is 1. The number of allylic oxidation sites excluding steroid dienone is 1. The smallest absolute Gasteiger partial charge is 0.194 e. The van der Waals surface area contributed by atoms with Crippen molar-refractivity contribution in [2.24, 2.45) is 10.4 Å². The Balaban J connectivity index is 0.00000300. The monoisotopic (exact) mass is 515 g/mol. The first kappa shape index (κ1) is 23.8. The number of ether oxygens (including phenoxy) is 3. The number of halogens is 1. The Morgan fingerprint density at radius 3 is 2.79 bits per heavy atom. The van der Waals surface area contributed by atoms with Gasteiger partial charge in [-0.2, -0.15) is 0 Å². The summed E-state index contributed by atoms with van der Waals surface area (Å²) < 4.78 is 16.7. The molecule has 2 heterocycles. The third-order valence-corrected chi connectivity index (χ3v) is 5.65. The van der Waals surface area contributed by atoms with Crippen LogP contribution in [0.4, 0.5) is 0 Å². The minimum absolute atomic E-state index is 0. The third kappa shape index (κ3) is 5.57. The molecule has 3 rings (SSSR count). The second-order valence-electron chi connectivity index (χ2n) is 7.63. The SMILES string of the molecule is C=CCc1cc(CN=C(NCC)N2CCC3(CCOC3)C2)cc(OC)c1OC.I. The van der Waals surface area contributed by atoms with Crippen molar-refractivity contribution in [2.45, 2.75) is 32.7 Å². The maximum atomic E-state index is 5.66. The molecule has 2 fully saturated rings. The van der Waals surface area contributed by atoms with Gasteiger partial charge in [0.05, 0.1) is 27.4 Å². The van der Waals surface area contributed by atoms with Gasteiger partial charge in [-0.3, -0.25) is 0 Å². The quantitative estimate of drug-likeness (QED) is 0.260. The molecular weight excluding hydrogens is 481 g/mol. The molecule has 29 heavy (non-hydrogen) atoms. The maximum absolute atomic E-state index is 5.66. The van der Waals surface area contributed by atoms with Crippen molar-refractivity contribution in [1.29, 1.82) is 0 Å². The van der Waals surface area contributed by atoms with Crippen LogP contribution in [0.1, 0.15) is 30.9 Å². The summed E-state index contributed by atoms with van der Waals surface area (Å²) in [6.45, 7) is 11.2. The van der Waals surface area contributed by atoms with Gasteiger partial charge < -0.3 is 24.4 Å². The van der Waals surface area contributed by atoms with Gasteiger partial charge in [0.15, 0.2) is 17.5 Å². The number of nitrogens with zero attached hydrogens (tertiary/aromatic N) is 2. The van der Waals surface area contributed by atoms with Gasteiger partial charge in [0.2, 0.25) is 0 Å². The molecule has 0 saturated carbocycles. The first-order chi connectivity index (χ1) is 13.6. The van der Waals surface area contributed by atoms with Crippen LogP contribution >= 0.6 is 24.0 Å². The van der Waals surface area contributed by atoms with Gasteiger partial charge in [-0.25, -0.2) is 4.99 Å². The van der Waals surface area contributed by atoms with Gasteiger partial charge in [-0.15, -0.1) is 30.6 Å². The second kappa shape index (κ2) is 11.1. The summed E-state index contributed by atoms with van der Waals surface area (Å²) in [5.74, 6) is 2.48. The summed E-state index contributed by atoms with van der Waals surface area (Å²) in [7, 11) is 3.33. The van der Waals surface area contributed by atoms with Crippen LogP contribution in [0.25, 0.3) is 0 Å². The molecule has 2 aliphatic heterocycles. The van der Waals surface area contributed by atoms with Crippen molar-refractivity contribution in [3.63, 3.8) is 0 Å². The van der Waals surface area contributed by atoms with E-state index < -0.39 is 0 Å². The molecule has 0 aromatic heterocycles. The molecular formula is C22H34IN3O3. The molecule has 6 nitrogen and oxygen atoms in total. The van der Waals surface area contributed by atoms with Crippen LogP contribution in [0.2, 0.25) is 0 Å². The van der Waals surface area contributed by atoms with Gasteiger partial charge in [-0.05, 0) is 43.9 Å². The summed E-state index contributed by atoms with van der Waals surface area (Å²) in [5.41, 5.74) is 2.48. The average Bonchev–Trinajstić information content (AvgIpc) is 3.34. The van der Waals surface area contributed by atoms with Gasteiger partial charge in [0, 0.05) is 37.2 Å². The Kier molecular flexibility index (Phi) is 9.07. The highest BCUT2D eigenvalue weighted by atomic mass is 127. The summed E-state index contributed by atoms with van der Waals surface area (Å²) >= 11 is 0. The zero-order valence-electron chi connectivity index (χ0n) is 17.8. The van der Waals surface area contributed by atoms with Crippen LogP contribution in [0.15, 0.2) is 29.8 Å². The van der Waals surface area contributed by atoms with Crippen LogP contribution in [0.5, 0.6) is 11.5 Å². The van der Waals surface area contributed by atoms with E-state index in [0.29, 0.717) is 12.0 Å². The molecule has 1 unspecified atom stereocenters. The van der Waals surface area contributed by atoms with Crippen LogP contribution < -0.4 is 14.8 Å². The van der Waals surface area contributed by atoms with Gasteiger partial charge in [-0.1, -0.05) is 6.08 Å². The van der Waals surface area contributed by atoms with Crippen LogP contribution in [-0.4, -0.2) is 57.9 Å². The standard InChI is InChI=1S/C22H33N3O3.HI/c1-5-7-18-12-17(13-19(26-3)20(18)27-4)14-24-21(23-6-2)25-10-8-22(15-25)9-11-28-16-22;/h5,12-13H,1,6-11,14-16H2,2-4H3,(H,23,24);1H. The predicted octanol–water partition coefficient (Wildman–Crippen LogP) is 3.63. The first-order valence-corrected chi connectivity index (χ1v) is 10.1. The average molecular weight is 515 g/mol. The minimum Gasteiger partial charge on any atom is -0.493 e. The Bertz CT molecular complexity index is 717. The van der Waals surface area contributed by atoms with Crippen LogP contribution in [0, 0.1) is 5.41 Å². The fourth-order valence-electron chi connectivity index (χ4n) is 4.18. The van der Waals surface area contributed by atoms with E-state index in [0.717, 1.165) is 74.3 Å². The molecule has 162 valence electrons. The van der Waals surface area contributed by atoms with E-state index >= 15 is 0 Å². The lowest BCUT2D eigenvalue weighted by atomic mass is 9.87. The zero-order valence-corrected chi connectivity index (χ0v) is 20.2. The molecule has 1 aromatic rings. The third-order valence-electron chi connectivity index (χ3n) is 5.65. The topological polar surface area (TPSA) is 55.3 Å². The van der Waals surface area contributed by atoms with Gasteiger partial charge >= 0.3 is 0 Å². The Morgan fingerprint density at radius 2 is 2.17 bits per heavy atom. The molecule has 0 bridgehead atoms. The molecule has 1 atom stereocenters. The lowest BCUT2D eigenvalue weighted by Gasteiger charge is -2.25. The van der Waals surface area contributed by atoms with E-state index in [2.05, 4.69) is 29.8 Å². The number of benzene rings is 1. The van der Waals surface area contributed by atoms with Crippen molar-refractivity contribution in [1.82, 2.24) is 10.2 Å². The second-order valence-corrected chi connectivity index (χ2v) is 7.63. The highest BCUT2D eigenvalue weighted by molar-refractivity contribution is 14.0. The molecule has 2 saturated heterocycles. The molecule has 7 heteroatoms. The lowest BCUT2D eigenvalue weighted by Crippen LogP contribution is -2.41. The van der Waals surface area contributed by atoms with Crippen molar-refractivity contribution in [3.05, 3.63) is 35.9 Å². The van der Waals surface area contributed by atoms with Crippen LogP contribution in [0.3, 0.4) is 0 Å². The fraction of sp³-hybridized carbons (Fsp3) is 0.591. The fourth-order valence-corrected chi connectivity index (χ4v) is 4.18. The minimum atomic E-state index is 0. The largest absolute Gasteiger partial charge is 0.493 e. The van der Waals surface area contributed by atoms with Gasteiger partial charge in [0.1, 0.15) is 0 Å². The van der Waals surface area contributed by atoms with E-state index in [9.17, 15) is 0 Å². The van der Waals surface area contributed by atoms with Crippen molar-refractivity contribution in [2.75, 3.05) is 47.1 Å². The molecule has 0 radical (unpaired) electrons. The van der Waals surface area contributed by atoms with Crippen molar-refractivity contribution >= 4 is 29.9 Å². The number of hydrogen-bond acceptors (Lipinski definition) is 4. The first-order valence-electron chi connectivity index (χ1n) is 10.1. The molecule has 1 aromatic carbocycles. The highest BCUT2D eigenvalue weighted by Gasteiger charge is 2.42.